The van der Waals surface area contributed by atoms with Gasteiger partial charge in [0, 0.05) is 6.04 Å². The van der Waals surface area contributed by atoms with E-state index in [0.29, 0.717) is 6.42 Å². The molecule has 0 aromatic heterocycles. The Balaban J connectivity index is 2.47. The number of nitrogens with two attached hydrogens (primary N) is 1. The maximum Gasteiger partial charge on any atom is 0.237 e. The quantitative estimate of drug-likeness (QED) is 0.756. The van der Waals surface area contributed by atoms with Gasteiger partial charge in [-0.15, -0.1) is 0 Å². The van der Waals surface area contributed by atoms with Crippen molar-refractivity contribution >= 4 is 5.91 Å². The Hall–Kier alpha value is -1.35. The van der Waals surface area contributed by atoms with E-state index in [-0.39, 0.29) is 11.9 Å². The number of carbonyl (C=O) groups is 1. The Labute approximate surface area is 116 Å². The first kappa shape index (κ1) is 15.7. The van der Waals surface area contributed by atoms with Crippen LogP contribution in [0.25, 0.3) is 0 Å². The van der Waals surface area contributed by atoms with Crippen LogP contribution in [-0.2, 0) is 11.2 Å². The molecule has 0 spiro atoms. The number of hydrogen-bond acceptors (Lipinski definition) is 2. The van der Waals surface area contributed by atoms with Crippen LogP contribution >= 0.6 is 0 Å². The van der Waals surface area contributed by atoms with Crippen LogP contribution in [-0.4, -0.2) is 18.0 Å². The highest BCUT2D eigenvalue weighted by molar-refractivity contribution is 5.82. The van der Waals surface area contributed by atoms with Gasteiger partial charge >= 0.3 is 0 Å². The fraction of sp³-hybridized carbons (Fsp3) is 0.562. The van der Waals surface area contributed by atoms with Crippen molar-refractivity contribution in [3.63, 3.8) is 0 Å². The number of carbonyl (C=O) groups excluding carboxylic acids is 1. The first-order valence-electron chi connectivity index (χ1n) is 7.27. The second-order valence-corrected chi connectivity index (χ2v) is 5.08. The molecule has 0 saturated heterocycles. The molecule has 3 heteroatoms. The third kappa shape index (κ3) is 5.88. The van der Waals surface area contributed by atoms with Gasteiger partial charge in [0.15, 0.2) is 0 Å². The maximum absolute atomic E-state index is 12.1. The molecule has 1 aromatic carbocycles. The summed E-state index contributed by atoms with van der Waals surface area (Å²) in [5, 5.41) is 3.07. The number of benzene rings is 1. The van der Waals surface area contributed by atoms with E-state index in [1.165, 1.54) is 0 Å². The number of rotatable bonds is 8. The van der Waals surface area contributed by atoms with E-state index in [4.69, 9.17) is 5.73 Å². The molecular formula is C16H26N2O. The predicted molar refractivity (Wildman–Crippen MR) is 79.9 cm³/mol. The molecule has 0 unspecified atom stereocenters. The van der Waals surface area contributed by atoms with Gasteiger partial charge in [0.25, 0.3) is 0 Å². The molecule has 0 saturated carbocycles. The molecule has 0 heterocycles. The fourth-order valence-corrected chi connectivity index (χ4v) is 2.25. The largest absolute Gasteiger partial charge is 0.352 e. The second-order valence-electron chi connectivity index (χ2n) is 5.08. The maximum atomic E-state index is 12.1. The van der Waals surface area contributed by atoms with Crippen molar-refractivity contribution in [1.82, 2.24) is 5.32 Å². The van der Waals surface area contributed by atoms with Crippen LogP contribution in [0.4, 0.5) is 0 Å². The summed E-state index contributed by atoms with van der Waals surface area (Å²) in [6.07, 6.45) is 4.81. The smallest absolute Gasteiger partial charge is 0.237 e. The lowest BCUT2D eigenvalue weighted by Gasteiger charge is -2.20. The van der Waals surface area contributed by atoms with Gasteiger partial charge in [-0.25, -0.2) is 0 Å². The Morgan fingerprint density at radius 2 is 1.74 bits per heavy atom. The molecule has 0 aliphatic rings. The summed E-state index contributed by atoms with van der Waals surface area (Å²) in [7, 11) is 0. The highest BCUT2D eigenvalue weighted by Crippen LogP contribution is 2.06. The minimum absolute atomic E-state index is 0.0317. The summed E-state index contributed by atoms with van der Waals surface area (Å²) in [5.41, 5.74) is 7.08. The van der Waals surface area contributed by atoms with Gasteiger partial charge < -0.3 is 11.1 Å². The molecule has 1 aromatic rings. The minimum Gasteiger partial charge on any atom is -0.352 e. The first-order valence-corrected chi connectivity index (χ1v) is 7.27. The van der Waals surface area contributed by atoms with E-state index < -0.39 is 6.04 Å². The summed E-state index contributed by atoms with van der Waals surface area (Å²) >= 11 is 0. The molecule has 1 atom stereocenters. The Morgan fingerprint density at radius 1 is 1.16 bits per heavy atom. The molecule has 0 fully saturated rings. The van der Waals surface area contributed by atoms with Crippen LogP contribution in [0.15, 0.2) is 30.3 Å². The average Bonchev–Trinajstić information content (AvgIpc) is 2.40. The van der Waals surface area contributed by atoms with Crippen molar-refractivity contribution in [2.45, 2.75) is 58.0 Å². The van der Waals surface area contributed by atoms with E-state index in [1.807, 2.05) is 30.3 Å². The lowest BCUT2D eigenvalue weighted by molar-refractivity contribution is -0.123. The Kier molecular flexibility index (Phi) is 7.19. The molecule has 1 amide bonds. The molecule has 0 radical (unpaired) electrons. The lowest BCUT2D eigenvalue weighted by Crippen LogP contribution is -2.46. The molecule has 19 heavy (non-hydrogen) atoms. The fourth-order valence-electron chi connectivity index (χ4n) is 2.25. The van der Waals surface area contributed by atoms with Gasteiger partial charge in [-0.1, -0.05) is 57.0 Å². The number of nitrogens with one attached hydrogen (secondary N) is 1. The third-order valence-electron chi connectivity index (χ3n) is 3.26. The third-order valence-corrected chi connectivity index (χ3v) is 3.26. The summed E-state index contributed by atoms with van der Waals surface area (Å²) < 4.78 is 0. The molecule has 1 rings (SSSR count). The number of amides is 1. The summed E-state index contributed by atoms with van der Waals surface area (Å²) in [6, 6.07) is 9.72. The Bertz CT molecular complexity index is 358. The van der Waals surface area contributed by atoms with E-state index in [2.05, 4.69) is 19.2 Å². The first-order chi connectivity index (χ1) is 9.17. The van der Waals surface area contributed by atoms with Crippen LogP contribution in [0.3, 0.4) is 0 Å². The summed E-state index contributed by atoms with van der Waals surface area (Å²) in [6.45, 7) is 4.28. The van der Waals surface area contributed by atoms with E-state index in [0.717, 1.165) is 31.2 Å². The van der Waals surface area contributed by atoms with Crippen LogP contribution in [0, 0.1) is 0 Å². The summed E-state index contributed by atoms with van der Waals surface area (Å²) in [4.78, 5) is 12.1. The van der Waals surface area contributed by atoms with Crippen molar-refractivity contribution in [3.8, 4) is 0 Å². The van der Waals surface area contributed by atoms with E-state index >= 15 is 0 Å². The zero-order valence-corrected chi connectivity index (χ0v) is 12.1. The minimum atomic E-state index is -0.460. The summed E-state index contributed by atoms with van der Waals surface area (Å²) in [5.74, 6) is -0.0317. The van der Waals surface area contributed by atoms with E-state index in [9.17, 15) is 4.79 Å². The van der Waals surface area contributed by atoms with Crippen LogP contribution in [0.5, 0.6) is 0 Å². The standard InChI is InChI=1S/C16H26N2O/c1-3-8-14(9-4-2)18-16(19)15(17)12-13-10-6-5-7-11-13/h5-7,10-11,14-15H,3-4,8-9,12,17H2,1-2H3,(H,18,19)/t15-/m0/s1. The van der Waals surface area contributed by atoms with Gasteiger partial charge in [-0.3, -0.25) is 4.79 Å². The SMILES string of the molecule is CCCC(CCC)NC(=O)[C@@H](N)Cc1ccccc1. The highest BCUT2D eigenvalue weighted by atomic mass is 16.2. The Morgan fingerprint density at radius 3 is 2.26 bits per heavy atom. The monoisotopic (exact) mass is 262 g/mol. The van der Waals surface area contributed by atoms with E-state index in [1.54, 1.807) is 0 Å². The van der Waals surface area contributed by atoms with Gasteiger partial charge in [-0.2, -0.15) is 0 Å². The molecular weight excluding hydrogens is 236 g/mol. The molecule has 106 valence electrons. The lowest BCUT2D eigenvalue weighted by atomic mass is 10.0. The van der Waals surface area contributed by atoms with Crippen molar-refractivity contribution in [3.05, 3.63) is 35.9 Å². The predicted octanol–water partition coefficient (Wildman–Crippen LogP) is 2.64. The second kappa shape index (κ2) is 8.70. The van der Waals surface area contributed by atoms with Gasteiger partial charge in [0.05, 0.1) is 6.04 Å². The van der Waals surface area contributed by atoms with Crippen LogP contribution in [0.2, 0.25) is 0 Å². The normalized spacial score (nSPS) is 12.4. The zero-order chi connectivity index (χ0) is 14.1. The number of hydrogen-bond donors (Lipinski definition) is 2. The molecule has 3 nitrogen and oxygen atoms in total. The van der Waals surface area contributed by atoms with Gasteiger partial charge in [0.2, 0.25) is 5.91 Å². The molecule has 3 N–H and O–H groups in total. The molecule has 0 bridgehead atoms. The topological polar surface area (TPSA) is 55.1 Å². The van der Waals surface area contributed by atoms with Crippen molar-refractivity contribution in [2.24, 2.45) is 5.73 Å². The van der Waals surface area contributed by atoms with Crippen LogP contribution < -0.4 is 11.1 Å². The van der Waals surface area contributed by atoms with Crippen molar-refractivity contribution in [2.75, 3.05) is 0 Å². The van der Waals surface area contributed by atoms with Crippen molar-refractivity contribution in [1.29, 1.82) is 0 Å². The molecule has 0 aliphatic carbocycles. The van der Waals surface area contributed by atoms with Crippen molar-refractivity contribution < 1.29 is 4.79 Å². The van der Waals surface area contributed by atoms with Crippen LogP contribution in [0.1, 0.15) is 45.1 Å². The average molecular weight is 262 g/mol. The zero-order valence-electron chi connectivity index (χ0n) is 12.1. The molecule has 0 aliphatic heterocycles. The highest BCUT2D eigenvalue weighted by Gasteiger charge is 2.17. The van der Waals surface area contributed by atoms with Gasteiger partial charge in [-0.05, 0) is 24.8 Å². The van der Waals surface area contributed by atoms with Gasteiger partial charge in [0.1, 0.15) is 0 Å².